The van der Waals surface area contributed by atoms with Crippen molar-refractivity contribution < 1.29 is 4.74 Å². The van der Waals surface area contributed by atoms with E-state index in [0.29, 0.717) is 0 Å². The molecule has 0 radical (unpaired) electrons. The summed E-state index contributed by atoms with van der Waals surface area (Å²) in [6.07, 6.45) is 5.31. The Kier molecular flexibility index (Phi) is 4.12. The third-order valence-electron chi connectivity index (χ3n) is 1.40. The number of alkyl halides is 1. The number of allylic oxidation sites excluding steroid dienone is 2. The average molecular weight is 488 g/mol. The van der Waals surface area contributed by atoms with Gasteiger partial charge in [0, 0.05) is 17.1 Å². The first-order chi connectivity index (χ1) is 5.06. The first-order valence-electron chi connectivity index (χ1n) is 3.04. The van der Waals surface area contributed by atoms with E-state index in [1.165, 1.54) is 7.16 Å². The maximum absolute atomic E-state index is 5.38. The van der Waals surface area contributed by atoms with Crippen LogP contribution < -0.4 is 0 Å². The van der Waals surface area contributed by atoms with Crippen molar-refractivity contribution in [1.29, 1.82) is 0 Å². The molecule has 0 aliphatic heterocycles. The number of hydrogen-bond donors (Lipinski definition) is 0. The van der Waals surface area contributed by atoms with Crippen LogP contribution in [0.4, 0.5) is 0 Å². The molecule has 0 saturated carbocycles. The summed E-state index contributed by atoms with van der Waals surface area (Å²) in [6.45, 7) is 0. The molecular weight excluding hydrogens is 481 g/mol. The van der Waals surface area contributed by atoms with Gasteiger partial charge in [-0.25, -0.2) is 0 Å². The van der Waals surface area contributed by atoms with Crippen LogP contribution in [0.5, 0.6) is 0 Å². The molecule has 11 heavy (non-hydrogen) atoms. The third-order valence-corrected chi connectivity index (χ3v) is 3.85. The second-order valence-corrected chi connectivity index (χ2v) is 6.74. The van der Waals surface area contributed by atoms with Gasteiger partial charge >= 0.3 is 0 Å². The molecule has 0 heterocycles. The highest BCUT2D eigenvalue weighted by Crippen LogP contribution is 2.38. The van der Waals surface area contributed by atoms with E-state index >= 15 is 0 Å². The number of halogens is 3. The second-order valence-electron chi connectivity index (χ2n) is 2.29. The van der Waals surface area contributed by atoms with E-state index < -0.39 is 0 Å². The fraction of sp³-hybridized carbons (Fsp3) is 0.429. The first-order valence-corrected chi connectivity index (χ1v) is 6.28. The summed E-state index contributed by atoms with van der Waals surface area (Å²) in [6, 6.07) is 0. The van der Waals surface area contributed by atoms with Gasteiger partial charge in [0.1, 0.15) is 3.61 Å². The number of hydrogen-bond acceptors (Lipinski definition) is 1. The van der Waals surface area contributed by atoms with Gasteiger partial charge in [-0.05, 0) is 83.5 Å². The maximum Gasteiger partial charge on any atom is 0.142 e. The van der Waals surface area contributed by atoms with E-state index in [4.69, 9.17) is 4.74 Å². The molecule has 1 atom stereocenters. The van der Waals surface area contributed by atoms with Crippen LogP contribution in [0.1, 0.15) is 6.42 Å². The second kappa shape index (κ2) is 4.23. The van der Waals surface area contributed by atoms with Crippen LogP contribution in [0.3, 0.4) is 0 Å². The van der Waals surface area contributed by atoms with Gasteiger partial charge in [0.25, 0.3) is 0 Å². The average Bonchev–Trinajstić information content (AvgIpc) is 1.84. The predicted molar refractivity (Wildman–Crippen MR) is 72.6 cm³/mol. The van der Waals surface area contributed by atoms with Gasteiger partial charge in [0.05, 0.1) is 0 Å². The Bertz CT molecular complexity index is 222. The van der Waals surface area contributed by atoms with Crippen LogP contribution in [0.25, 0.3) is 0 Å². The van der Waals surface area contributed by atoms with Crippen LogP contribution in [-0.4, -0.2) is 10.7 Å². The SMILES string of the molecule is COC1(I)C=C(I)C=C(I)C1. The summed E-state index contributed by atoms with van der Waals surface area (Å²) in [5.74, 6) is 0. The minimum Gasteiger partial charge on any atom is -0.364 e. The number of rotatable bonds is 1. The molecule has 1 nitrogen and oxygen atoms in total. The van der Waals surface area contributed by atoms with Crippen molar-refractivity contribution >= 4 is 67.8 Å². The van der Waals surface area contributed by atoms with Crippen LogP contribution in [-0.2, 0) is 4.74 Å². The summed E-state index contributed by atoms with van der Waals surface area (Å²) in [7, 11) is 1.75. The van der Waals surface area contributed by atoms with Crippen molar-refractivity contribution in [2.24, 2.45) is 0 Å². The van der Waals surface area contributed by atoms with Crippen LogP contribution in [0.2, 0.25) is 0 Å². The lowest BCUT2D eigenvalue weighted by Gasteiger charge is -2.25. The van der Waals surface area contributed by atoms with Crippen molar-refractivity contribution in [3.05, 3.63) is 19.3 Å². The Morgan fingerprint density at radius 3 is 2.64 bits per heavy atom. The lowest BCUT2D eigenvalue weighted by atomic mass is 10.1. The Hall–Kier alpha value is 1.63. The highest BCUT2D eigenvalue weighted by Gasteiger charge is 2.27. The van der Waals surface area contributed by atoms with E-state index in [-0.39, 0.29) is 3.61 Å². The zero-order valence-corrected chi connectivity index (χ0v) is 12.4. The van der Waals surface area contributed by atoms with Gasteiger partial charge in [0.2, 0.25) is 0 Å². The first kappa shape index (κ1) is 10.7. The molecular formula is C7H7I3O. The van der Waals surface area contributed by atoms with E-state index in [1.807, 2.05) is 0 Å². The van der Waals surface area contributed by atoms with Crippen molar-refractivity contribution in [2.75, 3.05) is 7.11 Å². The molecule has 4 heteroatoms. The molecule has 1 aliphatic carbocycles. The van der Waals surface area contributed by atoms with Gasteiger partial charge in [0.15, 0.2) is 0 Å². The van der Waals surface area contributed by atoms with Crippen molar-refractivity contribution in [3.63, 3.8) is 0 Å². The maximum atomic E-state index is 5.38. The topological polar surface area (TPSA) is 9.23 Å². The van der Waals surface area contributed by atoms with Crippen LogP contribution in [0.15, 0.2) is 19.3 Å². The smallest absolute Gasteiger partial charge is 0.142 e. The van der Waals surface area contributed by atoms with Crippen molar-refractivity contribution in [2.45, 2.75) is 10.0 Å². The quantitative estimate of drug-likeness (QED) is 0.404. The third kappa shape index (κ3) is 3.11. The molecule has 0 aromatic rings. The number of methoxy groups -OCH3 is 1. The van der Waals surface area contributed by atoms with E-state index in [9.17, 15) is 0 Å². The molecule has 0 N–H and O–H groups in total. The fourth-order valence-electron chi connectivity index (χ4n) is 0.861. The monoisotopic (exact) mass is 488 g/mol. The Labute approximate surface area is 107 Å². The van der Waals surface area contributed by atoms with Gasteiger partial charge in [-0.1, -0.05) is 0 Å². The van der Waals surface area contributed by atoms with Crippen LogP contribution in [0, 0.1) is 0 Å². The Morgan fingerprint density at radius 1 is 1.55 bits per heavy atom. The summed E-state index contributed by atoms with van der Waals surface area (Å²) in [5.41, 5.74) is 0. The minimum atomic E-state index is -0.112. The summed E-state index contributed by atoms with van der Waals surface area (Å²) >= 11 is 7.00. The largest absolute Gasteiger partial charge is 0.364 e. The van der Waals surface area contributed by atoms with Gasteiger partial charge in [-0.2, -0.15) is 0 Å². The molecule has 1 aliphatic rings. The Balaban J connectivity index is 2.86. The lowest BCUT2D eigenvalue weighted by molar-refractivity contribution is 0.127. The number of ether oxygens (including phenoxy) is 1. The predicted octanol–water partition coefficient (Wildman–Crippen LogP) is 3.81. The lowest BCUT2D eigenvalue weighted by Crippen LogP contribution is -2.21. The molecule has 0 bridgehead atoms. The normalized spacial score (nSPS) is 31.3. The summed E-state index contributed by atoms with van der Waals surface area (Å²) in [4.78, 5) is 0. The fourth-order valence-corrected chi connectivity index (χ4v) is 5.31. The zero-order chi connectivity index (χ0) is 8.48. The highest BCUT2D eigenvalue weighted by molar-refractivity contribution is 14.1. The van der Waals surface area contributed by atoms with Gasteiger partial charge < -0.3 is 4.74 Å². The molecule has 62 valence electrons. The molecule has 0 fully saturated rings. The van der Waals surface area contributed by atoms with E-state index in [2.05, 4.69) is 79.9 Å². The molecule has 0 amide bonds. The molecule has 0 aromatic heterocycles. The summed E-state index contributed by atoms with van der Waals surface area (Å²) in [5, 5.41) is 0. The minimum absolute atomic E-state index is 0.112. The van der Waals surface area contributed by atoms with E-state index in [0.717, 1.165) is 6.42 Å². The summed E-state index contributed by atoms with van der Waals surface area (Å²) < 4.78 is 7.88. The Morgan fingerprint density at radius 2 is 2.18 bits per heavy atom. The van der Waals surface area contributed by atoms with Crippen LogP contribution >= 0.6 is 67.8 Å². The van der Waals surface area contributed by atoms with Gasteiger partial charge in [-0.15, -0.1) is 0 Å². The zero-order valence-electron chi connectivity index (χ0n) is 5.90. The molecule has 0 spiro atoms. The molecule has 1 rings (SSSR count). The van der Waals surface area contributed by atoms with E-state index in [1.54, 1.807) is 7.11 Å². The standard InChI is InChI=1S/C7H7I3O/c1-11-7(10)3-5(8)2-6(9)4-7/h2-3H,4H2,1H3. The molecule has 0 aromatic carbocycles. The highest BCUT2D eigenvalue weighted by atomic mass is 127. The van der Waals surface area contributed by atoms with Crippen molar-refractivity contribution in [3.8, 4) is 0 Å². The van der Waals surface area contributed by atoms with Crippen molar-refractivity contribution in [1.82, 2.24) is 0 Å². The molecule has 1 unspecified atom stereocenters. The van der Waals surface area contributed by atoms with Gasteiger partial charge in [-0.3, -0.25) is 0 Å². The molecule has 0 saturated heterocycles.